The van der Waals surface area contributed by atoms with E-state index in [0.29, 0.717) is 17.9 Å². The first-order chi connectivity index (χ1) is 13.8. The molecule has 0 N–H and O–H groups in total. The van der Waals surface area contributed by atoms with Gasteiger partial charge in [-0.3, -0.25) is 14.5 Å². The van der Waals surface area contributed by atoms with E-state index in [0.717, 1.165) is 36.9 Å². The summed E-state index contributed by atoms with van der Waals surface area (Å²) in [5.41, 5.74) is 1.16. The van der Waals surface area contributed by atoms with Gasteiger partial charge in [0.1, 0.15) is 5.75 Å². The first-order valence-corrected chi connectivity index (χ1v) is 9.97. The van der Waals surface area contributed by atoms with Gasteiger partial charge in [0.25, 0.3) is 11.7 Å². The van der Waals surface area contributed by atoms with Gasteiger partial charge >= 0.3 is 6.18 Å². The SMILES string of the molecule is COc1ccc(CN2C[C@@H]3C[C@H]2CN3C(=O)c2ccc(C(=O)C(F)(F)F)s2)cc1. The lowest BCUT2D eigenvalue weighted by molar-refractivity contribution is -0.0882. The fourth-order valence-corrected chi connectivity index (χ4v) is 4.94. The van der Waals surface area contributed by atoms with Gasteiger partial charge in [-0.2, -0.15) is 13.2 Å². The van der Waals surface area contributed by atoms with Crippen LogP contribution in [0.4, 0.5) is 13.2 Å². The van der Waals surface area contributed by atoms with Gasteiger partial charge in [-0.15, -0.1) is 11.3 Å². The fourth-order valence-electron chi connectivity index (χ4n) is 4.01. The molecule has 9 heteroatoms. The van der Waals surface area contributed by atoms with Crippen LogP contribution in [0.25, 0.3) is 0 Å². The van der Waals surface area contributed by atoms with E-state index in [4.69, 9.17) is 4.74 Å². The molecule has 0 aliphatic carbocycles. The number of methoxy groups -OCH3 is 1. The molecule has 4 rings (SSSR count). The molecule has 2 saturated heterocycles. The van der Waals surface area contributed by atoms with E-state index in [1.54, 1.807) is 12.0 Å². The molecule has 1 aromatic heterocycles. The molecule has 1 amide bonds. The summed E-state index contributed by atoms with van der Waals surface area (Å²) < 4.78 is 42.9. The highest BCUT2D eigenvalue weighted by Crippen LogP contribution is 2.34. The average molecular weight is 424 g/mol. The van der Waals surface area contributed by atoms with Crippen molar-refractivity contribution in [1.82, 2.24) is 9.80 Å². The Labute approximate surface area is 169 Å². The highest BCUT2D eigenvalue weighted by Gasteiger charge is 2.46. The van der Waals surface area contributed by atoms with Crippen molar-refractivity contribution in [3.05, 3.63) is 51.7 Å². The molecule has 0 saturated carbocycles. The molecule has 2 bridgehead atoms. The van der Waals surface area contributed by atoms with Crippen LogP contribution in [-0.4, -0.2) is 59.9 Å². The van der Waals surface area contributed by atoms with Gasteiger partial charge in [-0.05, 0) is 36.2 Å². The number of benzene rings is 1. The highest BCUT2D eigenvalue weighted by molar-refractivity contribution is 7.16. The minimum Gasteiger partial charge on any atom is -0.497 e. The molecule has 2 atom stereocenters. The minimum absolute atomic E-state index is 0.0367. The Hall–Kier alpha value is -2.39. The predicted octanol–water partition coefficient (Wildman–Crippen LogP) is 3.60. The highest BCUT2D eigenvalue weighted by atomic mass is 32.1. The lowest BCUT2D eigenvalue weighted by Crippen LogP contribution is -2.48. The number of Topliss-reactive ketones (excluding diaryl/α,β-unsaturated/α-hetero) is 1. The smallest absolute Gasteiger partial charge is 0.455 e. The predicted molar refractivity (Wildman–Crippen MR) is 101 cm³/mol. The Morgan fingerprint density at radius 2 is 1.76 bits per heavy atom. The van der Waals surface area contributed by atoms with Gasteiger partial charge in [0, 0.05) is 31.7 Å². The zero-order valence-corrected chi connectivity index (χ0v) is 16.4. The number of ketones is 1. The number of amides is 1. The molecule has 1 aromatic carbocycles. The first-order valence-electron chi connectivity index (χ1n) is 9.15. The average Bonchev–Trinajstić information content (AvgIpc) is 3.42. The molecule has 2 aliphatic rings. The third-order valence-electron chi connectivity index (χ3n) is 5.46. The van der Waals surface area contributed by atoms with Gasteiger partial charge < -0.3 is 9.64 Å². The summed E-state index contributed by atoms with van der Waals surface area (Å²) in [6, 6.07) is 10.5. The maximum absolute atomic E-state index is 12.8. The molecule has 2 fully saturated rings. The molecule has 0 radical (unpaired) electrons. The van der Waals surface area contributed by atoms with Crippen molar-refractivity contribution in [2.75, 3.05) is 20.2 Å². The van der Waals surface area contributed by atoms with Crippen LogP contribution in [0, 0.1) is 0 Å². The molecule has 0 unspecified atom stereocenters. The summed E-state index contributed by atoms with van der Waals surface area (Å²) >= 11 is 0.611. The Morgan fingerprint density at radius 1 is 1.07 bits per heavy atom. The Balaban J connectivity index is 1.39. The number of halogens is 3. The van der Waals surface area contributed by atoms with Crippen LogP contribution < -0.4 is 4.74 Å². The zero-order chi connectivity index (χ0) is 20.8. The van der Waals surface area contributed by atoms with Gasteiger partial charge in [0.2, 0.25) is 0 Å². The Morgan fingerprint density at radius 3 is 2.34 bits per heavy atom. The molecular weight excluding hydrogens is 405 g/mol. The van der Waals surface area contributed by atoms with Gasteiger partial charge in [0.05, 0.1) is 16.9 Å². The molecule has 3 heterocycles. The van der Waals surface area contributed by atoms with E-state index >= 15 is 0 Å². The quantitative estimate of drug-likeness (QED) is 0.689. The van der Waals surface area contributed by atoms with Crippen LogP contribution in [0.3, 0.4) is 0 Å². The van der Waals surface area contributed by atoms with Crippen molar-refractivity contribution in [2.45, 2.75) is 31.2 Å². The maximum Gasteiger partial charge on any atom is 0.455 e. The minimum atomic E-state index is -4.93. The number of thiophene rings is 1. The summed E-state index contributed by atoms with van der Waals surface area (Å²) in [5, 5.41) is 0. The summed E-state index contributed by atoms with van der Waals surface area (Å²) in [7, 11) is 1.62. The number of likely N-dealkylation sites (tertiary alicyclic amines) is 2. The molecule has 0 spiro atoms. The van der Waals surface area contributed by atoms with Crippen molar-refractivity contribution < 1.29 is 27.5 Å². The van der Waals surface area contributed by atoms with Crippen molar-refractivity contribution in [2.24, 2.45) is 0 Å². The van der Waals surface area contributed by atoms with Crippen molar-refractivity contribution in [1.29, 1.82) is 0 Å². The molecule has 5 nitrogen and oxygen atoms in total. The van der Waals surface area contributed by atoms with Crippen LogP contribution in [0.1, 0.15) is 31.3 Å². The second-order valence-electron chi connectivity index (χ2n) is 7.27. The number of rotatable bonds is 5. The number of nitrogens with zero attached hydrogens (tertiary/aromatic N) is 2. The second kappa shape index (κ2) is 7.46. The van der Waals surface area contributed by atoms with E-state index < -0.39 is 16.8 Å². The number of carbonyl (C=O) groups excluding carboxylic acids is 2. The van der Waals surface area contributed by atoms with Crippen molar-refractivity contribution in [3.63, 3.8) is 0 Å². The van der Waals surface area contributed by atoms with E-state index in [2.05, 4.69) is 4.90 Å². The number of piperazine rings is 1. The molecule has 2 aromatic rings. The van der Waals surface area contributed by atoms with E-state index in [1.807, 2.05) is 24.3 Å². The fraction of sp³-hybridized carbons (Fsp3) is 0.400. The second-order valence-corrected chi connectivity index (χ2v) is 8.35. The number of hydrogen-bond acceptors (Lipinski definition) is 5. The van der Waals surface area contributed by atoms with Gasteiger partial charge in [0.15, 0.2) is 0 Å². The monoisotopic (exact) mass is 424 g/mol. The maximum atomic E-state index is 12.8. The van der Waals surface area contributed by atoms with Crippen molar-refractivity contribution in [3.8, 4) is 5.75 Å². The summed E-state index contributed by atoms with van der Waals surface area (Å²) in [4.78, 5) is 27.9. The molecule has 154 valence electrons. The van der Waals surface area contributed by atoms with Crippen molar-refractivity contribution >= 4 is 23.0 Å². The van der Waals surface area contributed by atoms with Gasteiger partial charge in [-0.25, -0.2) is 0 Å². The number of fused-ring (bicyclic) bond motifs is 2. The zero-order valence-electron chi connectivity index (χ0n) is 15.6. The Kier molecular flexibility index (Phi) is 5.12. The van der Waals surface area contributed by atoms with Crippen LogP contribution in [-0.2, 0) is 6.54 Å². The van der Waals surface area contributed by atoms with Crippen LogP contribution in [0.15, 0.2) is 36.4 Å². The first kappa shape index (κ1) is 19.9. The number of ether oxygens (including phenoxy) is 1. The topological polar surface area (TPSA) is 49.9 Å². The van der Waals surface area contributed by atoms with Crippen LogP contribution >= 0.6 is 11.3 Å². The molecule has 2 aliphatic heterocycles. The third kappa shape index (κ3) is 3.89. The molecular formula is C20H19F3N2O3S. The number of alkyl halides is 3. The lowest BCUT2D eigenvalue weighted by atomic mass is 10.2. The van der Waals surface area contributed by atoms with E-state index in [9.17, 15) is 22.8 Å². The lowest BCUT2D eigenvalue weighted by Gasteiger charge is -2.34. The van der Waals surface area contributed by atoms with Crippen LogP contribution in [0.5, 0.6) is 5.75 Å². The normalized spacial score (nSPS) is 21.6. The molecule has 29 heavy (non-hydrogen) atoms. The third-order valence-corrected chi connectivity index (χ3v) is 6.53. The Bertz CT molecular complexity index is 926. The van der Waals surface area contributed by atoms with Crippen LogP contribution in [0.2, 0.25) is 0 Å². The number of carbonyl (C=O) groups is 2. The van der Waals surface area contributed by atoms with Gasteiger partial charge in [-0.1, -0.05) is 12.1 Å². The van der Waals surface area contributed by atoms with E-state index in [1.165, 1.54) is 6.07 Å². The standard InChI is InChI=1S/C20H19F3N2O3S/c1-28-15-4-2-12(3-5-15)9-24-10-14-8-13(24)11-25(14)19(27)17-7-6-16(29-17)18(26)20(21,22)23/h2-7,13-14H,8-11H2,1H3/t13-,14-/m0/s1. The summed E-state index contributed by atoms with van der Waals surface area (Å²) in [6.45, 7) is 2.04. The van der Waals surface area contributed by atoms with E-state index in [-0.39, 0.29) is 22.9 Å². The summed E-state index contributed by atoms with van der Waals surface area (Å²) in [6.07, 6.45) is -4.08. The largest absolute Gasteiger partial charge is 0.497 e. The summed E-state index contributed by atoms with van der Waals surface area (Å²) in [5.74, 6) is -1.41. The number of hydrogen-bond donors (Lipinski definition) is 0.